The molecule has 0 amide bonds. The van der Waals surface area contributed by atoms with Crippen molar-refractivity contribution in [3.05, 3.63) is 47.6 Å². The summed E-state index contributed by atoms with van der Waals surface area (Å²) in [5.41, 5.74) is 2.46. The third-order valence-electron chi connectivity index (χ3n) is 6.03. The maximum Gasteiger partial charge on any atom is 0.159 e. The summed E-state index contributed by atoms with van der Waals surface area (Å²) in [5, 5.41) is 0. The minimum atomic E-state index is 0.0425. The fourth-order valence-corrected chi connectivity index (χ4v) is 4.44. The van der Waals surface area contributed by atoms with Crippen molar-refractivity contribution in [3.8, 4) is 11.5 Å². The van der Waals surface area contributed by atoms with Crippen molar-refractivity contribution in [1.29, 1.82) is 0 Å². The summed E-state index contributed by atoms with van der Waals surface area (Å²) in [6.45, 7) is 6.64. The van der Waals surface area contributed by atoms with Gasteiger partial charge in [-0.25, -0.2) is 0 Å². The maximum absolute atomic E-state index is 12.8. The number of fused-ring (bicyclic) bond motifs is 1. The molecule has 0 spiro atoms. The molecule has 3 nitrogen and oxygen atoms in total. The van der Waals surface area contributed by atoms with E-state index in [1.54, 1.807) is 20.3 Å². The zero-order valence-corrected chi connectivity index (χ0v) is 15.8. The lowest BCUT2D eigenvalue weighted by atomic mass is 9.57. The lowest BCUT2D eigenvalue weighted by Crippen LogP contribution is -2.43. The summed E-state index contributed by atoms with van der Waals surface area (Å²) in [4.78, 5) is 12.8. The van der Waals surface area contributed by atoms with Gasteiger partial charge in [-0.15, -0.1) is 0 Å². The Labute approximate surface area is 150 Å². The quantitative estimate of drug-likeness (QED) is 0.751. The fourth-order valence-electron chi connectivity index (χ4n) is 4.44. The van der Waals surface area contributed by atoms with E-state index in [1.165, 1.54) is 5.57 Å². The number of ether oxygens (including phenoxy) is 2. The minimum Gasteiger partial charge on any atom is -0.497 e. The van der Waals surface area contributed by atoms with Crippen LogP contribution in [0.4, 0.5) is 0 Å². The molecule has 3 rings (SSSR count). The van der Waals surface area contributed by atoms with Crippen molar-refractivity contribution in [2.24, 2.45) is 23.2 Å². The molecule has 0 unspecified atom stereocenters. The third-order valence-corrected chi connectivity index (χ3v) is 6.03. The topological polar surface area (TPSA) is 35.5 Å². The van der Waals surface area contributed by atoms with Crippen molar-refractivity contribution in [2.75, 3.05) is 14.2 Å². The lowest BCUT2D eigenvalue weighted by molar-refractivity contribution is -0.124. The van der Waals surface area contributed by atoms with Crippen LogP contribution in [-0.4, -0.2) is 20.0 Å². The van der Waals surface area contributed by atoms with Crippen molar-refractivity contribution in [3.63, 3.8) is 0 Å². The first-order valence-corrected chi connectivity index (χ1v) is 8.98. The average molecular weight is 340 g/mol. The van der Waals surface area contributed by atoms with E-state index in [0.29, 0.717) is 5.92 Å². The molecule has 0 saturated heterocycles. The van der Waals surface area contributed by atoms with Crippen molar-refractivity contribution >= 4 is 5.78 Å². The molecule has 0 saturated carbocycles. The predicted octanol–water partition coefficient (Wildman–Crippen LogP) is 4.61. The van der Waals surface area contributed by atoms with Crippen LogP contribution in [0.5, 0.6) is 11.5 Å². The normalized spacial score (nSPS) is 27.5. The van der Waals surface area contributed by atoms with Gasteiger partial charge in [0.2, 0.25) is 0 Å². The molecular formula is C22H28O3. The molecular weight excluding hydrogens is 312 g/mol. The second-order valence-electron chi connectivity index (χ2n) is 7.86. The monoisotopic (exact) mass is 340 g/mol. The molecule has 25 heavy (non-hydrogen) atoms. The van der Waals surface area contributed by atoms with Gasteiger partial charge in [-0.1, -0.05) is 31.6 Å². The van der Waals surface area contributed by atoms with Crippen LogP contribution in [0, 0.1) is 23.2 Å². The van der Waals surface area contributed by atoms with Gasteiger partial charge >= 0.3 is 0 Å². The number of benzene rings is 1. The highest BCUT2D eigenvalue weighted by Crippen LogP contribution is 2.49. The van der Waals surface area contributed by atoms with Gasteiger partial charge < -0.3 is 9.47 Å². The van der Waals surface area contributed by atoms with Crippen molar-refractivity contribution < 1.29 is 14.3 Å². The predicted molar refractivity (Wildman–Crippen MR) is 100 cm³/mol. The zero-order chi connectivity index (χ0) is 18.2. The van der Waals surface area contributed by atoms with E-state index in [1.807, 2.05) is 18.2 Å². The minimum absolute atomic E-state index is 0.0425. The summed E-state index contributed by atoms with van der Waals surface area (Å²) >= 11 is 0. The van der Waals surface area contributed by atoms with E-state index in [-0.39, 0.29) is 23.0 Å². The van der Waals surface area contributed by atoms with Gasteiger partial charge in [-0.05, 0) is 66.9 Å². The number of hydrogen-bond donors (Lipinski definition) is 0. The van der Waals surface area contributed by atoms with Crippen molar-refractivity contribution in [1.82, 2.24) is 0 Å². The first-order valence-electron chi connectivity index (χ1n) is 8.98. The molecule has 3 heteroatoms. The smallest absolute Gasteiger partial charge is 0.159 e. The standard InChI is InChI=1S/C22H28O3/c1-14-6-8-18-21(19(23)10-11-22(18,2)3)17(14)13-15-12-16(24-4)7-9-20(15)25-5/h6-7,9-12,17-18,21H,8,13H2,1-5H3/t17-,18+,21+/m0/s1. The Hall–Kier alpha value is -2.03. The summed E-state index contributed by atoms with van der Waals surface area (Å²) in [6.07, 6.45) is 7.99. The third kappa shape index (κ3) is 3.24. The molecule has 0 aromatic heterocycles. The van der Waals surface area contributed by atoms with E-state index < -0.39 is 0 Å². The van der Waals surface area contributed by atoms with Crippen LogP contribution in [0.3, 0.4) is 0 Å². The molecule has 0 aliphatic heterocycles. The first-order chi connectivity index (χ1) is 11.9. The number of hydrogen-bond acceptors (Lipinski definition) is 3. The Morgan fingerprint density at radius 3 is 2.64 bits per heavy atom. The SMILES string of the molecule is COc1ccc(OC)c(C[C@H]2C(C)=CC[C@@H]3[C@@H]2C(=O)C=CC3(C)C)c1. The second-order valence-corrected chi connectivity index (χ2v) is 7.86. The Morgan fingerprint density at radius 2 is 1.96 bits per heavy atom. The van der Waals surface area contributed by atoms with E-state index in [2.05, 4.69) is 32.9 Å². The van der Waals surface area contributed by atoms with E-state index in [9.17, 15) is 4.79 Å². The molecule has 0 radical (unpaired) electrons. The van der Waals surface area contributed by atoms with Crippen LogP contribution in [0.2, 0.25) is 0 Å². The summed E-state index contributed by atoms with van der Waals surface area (Å²) < 4.78 is 10.9. The molecule has 0 N–H and O–H groups in total. The van der Waals surface area contributed by atoms with Gasteiger partial charge in [0.05, 0.1) is 14.2 Å². The van der Waals surface area contributed by atoms with Crippen LogP contribution in [0.25, 0.3) is 0 Å². The molecule has 1 aromatic carbocycles. The van der Waals surface area contributed by atoms with Crippen LogP contribution in [0.1, 0.15) is 32.8 Å². The number of carbonyl (C=O) groups excluding carboxylic acids is 1. The zero-order valence-electron chi connectivity index (χ0n) is 15.8. The number of ketones is 1. The van der Waals surface area contributed by atoms with E-state index in [4.69, 9.17) is 9.47 Å². The lowest BCUT2D eigenvalue weighted by Gasteiger charge is -2.45. The van der Waals surface area contributed by atoms with Gasteiger partial charge in [-0.3, -0.25) is 4.79 Å². The highest BCUT2D eigenvalue weighted by molar-refractivity contribution is 5.93. The van der Waals surface area contributed by atoms with Gasteiger partial charge in [0.15, 0.2) is 5.78 Å². The largest absolute Gasteiger partial charge is 0.497 e. The van der Waals surface area contributed by atoms with E-state index >= 15 is 0 Å². The number of methoxy groups -OCH3 is 2. The Balaban J connectivity index is 1.98. The van der Waals surface area contributed by atoms with Crippen LogP contribution in [-0.2, 0) is 11.2 Å². The summed E-state index contributed by atoms with van der Waals surface area (Å²) in [5.74, 6) is 2.55. The van der Waals surface area contributed by atoms with Crippen molar-refractivity contribution in [2.45, 2.75) is 33.6 Å². The summed E-state index contributed by atoms with van der Waals surface area (Å²) in [7, 11) is 3.36. The molecule has 0 fully saturated rings. The van der Waals surface area contributed by atoms with Gasteiger partial charge in [0, 0.05) is 5.92 Å². The van der Waals surface area contributed by atoms with Gasteiger partial charge in [0.1, 0.15) is 11.5 Å². The molecule has 134 valence electrons. The summed E-state index contributed by atoms with van der Waals surface area (Å²) in [6, 6.07) is 5.89. The number of allylic oxidation sites excluding steroid dienone is 4. The molecule has 3 atom stereocenters. The van der Waals surface area contributed by atoms with Crippen LogP contribution >= 0.6 is 0 Å². The Kier molecular flexibility index (Phi) is 4.77. The first kappa shape index (κ1) is 17.8. The Bertz CT molecular complexity index is 727. The molecule has 0 heterocycles. The molecule has 2 aliphatic carbocycles. The Morgan fingerprint density at radius 1 is 1.20 bits per heavy atom. The van der Waals surface area contributed by atoms with Gasteiger partial charge in [0.25, 0.3) is 0 Å². The van der Waals surface area contributed by atoms with Crippen LogP contribution < -0.4 is 9.47 Å². The molecule has 2 aliphatic rings. The number of carbonyl (C=O) groups is 1. The number of rotatable bonds is 4. The average Bonchev–Trinajstić information content (AvgIpc) is 2.60. The highest BCUT2D eigenvalue weighted by atomic mass is 16.5. The van der Waals surface area contributed by atoms with E-state index in [0.717, 1.165) is 29.9 Å². The maximum atomic E-state index is 12.8. The molecule has 1 aromatic rings. The fraction of sp³-hybridized carbons (Fsp3) is 0.500. The second kappa shape index (κ2) is 6.70. The molecule has 0 bridgehead atoms. The van der Waals surface area contributed by atoms with Crippen LogP contribution in [0.15, 0.2) is 42.0 Å². The highest BCUT2D eigenvalue weighted by Gasteiger charge is 2.45. The van der Waals surface area contributed by atoms with Gasteiger partial charge in [-0.2, -0.15) is 0 Å².